The molecule has 0 radical (unpaired) electrons. The Balaban J connectivity index is 1.83. The third-order valence-electron chi connectivity index (χ3n) is 3.96. The van der Waals surface area contributed by atoms with Crippen LogP contribution in [0.4, 0.5) is 22.0 Å². The molecule has 1 atom stereocenters. The largest absolute Gasteiger partial charge is 0.479 e. The number of alkyl halides is 3. The van der Waals surface area contributed by atoms with Gasteiger partial charge in [0, 0.05) is 0 Å². The Labute approximate surface area is 164 Å². The second kappa shape index (κ2) is 7.89. The van der Waals surface area contributed by atoms with Gasteiger partial charge in [0.25, 0.3) is 5.91 Å². The number of aliphatic carboxylic acids is 1. The van der Waals surface area contributed by atoms with E-state index in [2.05, 4.69) is 15.6 Å². The van der Waals surface area contributed by atoms with Crippen molar-refractivity contribution in [3.8, 4) is 5.69 Å². The Morgan fingerprint density at radius 2 is 1.80 bits per heavy atom. The van der Waals surface area contributed by atoms with Gasteiger partial charge in [-0.3, -0.25) is 4.79 Å². The number of carboxylic acids is 1. The van der Waals surface area contributed by atoms with Gasteiger partial charge >= 0.3 is 12.1 Å². The van der Waals surface area contributed by atoms with E-state index in [1.807, 2.05) is 0 Å². The van der Waals surface area contributed by atoms with Crippen LogP contribution in [0.3, 0.4) is 0 Å². The Kier molecular flexibility index (Phi) is 5.49. The molecule has 2 N–H and O–H groups in total. The van der Waals surface area contributed by atoms with E-state index >= 15 is 0 Å². The van der Waals surface area contributed by atoms with Crippen LogP contribution in [0.1, 0.15) is 27.7 Å². The number of amides is 1. The molecular weight excluding hydrogens is 415 g/mol. The van der Waals surface area contributed by atoms with Gasteiger partial charge in [0.15, 0.2) is 23.4 Å². The van der Waals surface area contributed by atoms with Crippen molar-refractivity contribution < 1.29 is 36.6 Å². The van der Waals surface area contributed by atoms with E-state index in [-0.39, 0.29) is 11.3 Å². The van der Waals surface area contributed by atoms with Crippen molar-refractivity contribution in [1.29, 1.82) is 0 Å². The smallest absolute Gasteiger partial charge is 0.416 e. The second-order valence-corrected chi connectivity index (χ2v) is 6.01. The van der Waals surface area contributed by atoms with Crippen LogP contribution in [0, 0.1) is 11.6 Å². The number of carbonyl (C=O) groups is 2. The molecule has 1 aromatic heterocycles. The number of halogens is 5. The van der Waals surface area contributed by atoms with Gasteiger partial charge in [-0.1, -0.05) is 17.3 Å². The number of aromatic nitrogens is 3. The first-order chi connectivity index (χ1) is 14.1. The molecule has 1 amide bonds. The third kappa shape index (κ3) is 4.42. The Morgan fingerprint density at radius 3 is 2.43 bits per heavy atom. The number of carboxylic acid groups (broad SMARTS) is 1. The average Bonchev–Trinajstić information content (AvgIpc) is 3.18. The van der Waals surface area contributed by atoms with Crippen LogP contribution >= 0.6 is 0 Å². The normalized spacial score (nSPS) is 12.4. The number of hydrogen-bond donors (Lipinski definition) is 2. The molecule has 0 aliphatic heterocycles. The number of nitrogens with one attached hydrogen (secondary N) is 1. The lowest BCUT2D eigenvalue weighted by atomic mass is 10.1. The van der Waals surface area contributed by atoms with Gasteiger partial charge < -0.3 is 10.4 Å². The van der Waals surface area contributed by atoms with Gasteiger partial charge in [-0.2, -0.15) is 13.2 Å². The zero-order valence-electron chi connectivity index (χ0n) is 14.7. The molecule has 0 spiro atoms. The minimum atomic E-state index is -4.59. The molecular formula is C18H11F5N4O3. The van der Waals surface area contributed by atoms with Crippen LogP contribution in [0.25, 0.3) is 5.69 Å². The van der Waals surface area contributed by atoms with E-state index < -0.39 is 47.0 Å². The second-order valence-electron chi connectivity index (χ2n) is 6.01. The average molecular weight is 426 g/mol. The molecule has 1 heterocycles. The SMILES string of the molecule is O=C(NC(C(=O)O)c1ccc(F)c(F)c1)c1cn(-c2cccc(C(F)(F)F)c2)nn1. The fourth-order valence-electron chi connectivity index (χ4n) is 2.50. The predicted molar refractivity (Wildman–Crippen MR) is 90.6 cm³/mol. The molecule has 7 nitrogen and oxygen atoms in total. The standard InChI is InChI=1S/C18H11F5N4O3/c19-12-5-4-9(6-13(12)20)15(17(29)30)24-16(28)14-8-27(26-25-14)11-3-1-2-10(7-11)18(21,22)23/h1-8,15H,(H,24,28)(H,29,30). The van der Waals surface area contributed by atoms with Gasteiger partial charge in [0.2, 0.25) is 0 Å². The van der Waals surface area contributed by atoms with Crippen molar-refractivity contribution in [3.63, 3.8) is 0 Å². The summed E-state index contributed by atoms with van der Waals surface area (Å²) in [4.78, 5) is 23.8. The van der Waals surface area contributed by atoms with Crippen molar-refractivity contribution in [2.24, 2.45) is 0 Å². The monoisotopic (exact) mass is 426 g/mol. The van der Waals surface area contributed by atoms with Crippen LogP contribution in [-0.2, 0) is 11.0 Å². The molecule has 3 aromatic rings. The van der Waals surface area contributed by atoms with Crippen LogP contribution in [0.5, 0.6) is 0 Å². The lowest BCUT2D eigenvalue weighted by molar-refractivity contribution is -0.139. The number of hydrogen-bond acceptors (Lipinski definition) is 4. The van der Waals surface area contributed by atoms with Crippen LogP contribution < -0.4 is 5.32 Å². The molecule has 0 aliphatic carbocycles. The van der Waals surface area contributed by atoms with Crippen LogP contribution in [0.15, 0.2) is 48.7 Å². The molecule has 3 rings (SSSR count). The minimum absolute atomic E-state index is 0.0354. The minimum Gasteiger partial charge on any atom is -0.479 e. The van der Waals surface area contributed by atoms with E-state index in [1.54, 1.807) is 0 Å². The molecule has 0 fully saturated rings. The van der Waals surface area contributed by atoms with E-state index in [0.717, 1.165) is 35.1 Å². The zero-order valence-corrected chi connectivity index (χ0v) is 14.7. The predicted octanol–water partition coefficient (Wildman–Crippen LogP) is 3.12. The van der Waals surface area contributed by atoms with Gasteiger partial charge in [-0.25, -0.2) is 18.3 Å². The maximum absolute atomic E-state index is 13.4. The van der Waals surface area contributed by atoms with Crippen molar-refractivity contribution in [1.82, 2.24) is 20.3 Å². The van der Waals surface area contributed by atoms with Gasteiger partial charge in [0.1, 0.15) is 0 Å². The quantitative estimate of drug-likeness (QED) is 0.611. The van der Waals surface area contributed by atoms with Crippen LogP contribution in [-0.4, -0.2) is 32.0 Å². The number of benzene rings is 2. The highest BCUT2D eigenvalue weighted by Gasteiger charge is 2.31. The molecule has 0 saturated heterocycles. The molecule has 30 heavy (non-hydrogen) atoms. The first-order valence-corrected chi connectivity index (χ1v) is 8.15. The zero-order chi connectivity index (χ0) is 22.1. The van der Waals surface area contributed by atoms with Crippen molar-refractivity contribution in [3.05, 3.63) is 77.1 Å². The van der Waals surface area contributed by atoms with Gasteiger partial charge in [-0.15, -0.1) is 5.10 Å². The van der Waals surface area contributed by atoms with Crippen molar-refractivity contribution >= 4 is 11.9 Å². The van der Waals surface area contributed by atoms with E-state index in [1.165, 1.54) is 6.07 Å². The summed E-state index contributed by atoms with van der Waals surface area (Å²) in [6.45, 7) is 0. The summed E-state index contributed by atoms with van der Waals surface area (Å²) in [6.07, 6.45) is -3.59. The number of nitrogens with zero attached hydrogens (tertiary/aromatic N) is 3. The molecule has 0 bridgehead atoms. The molecule has 0 saturated carbocycles. The maximum Gasteiger partial charge on any atom is 0.416 e. The van der Waals surface area contributed by atoms with E-state index in [9.17, 15) is 36.6 Å². The highest BCUT2D eigenvalue weighted by atomic mass is 19.4. The fourth-order valence-corrected chi connectivity index (χ4v) is 2.50. The lowest BCUT2D eigenvalue weighted by Gasteiger charge is -2.14. The molecule has 1 unspecified atom stereocenters. The Bertz CT molecular complexity index is 1110. The number of rotatable bonds is 5. The topological polar surface area (TPSA) is 97.1 Å². The van der Waals surface area contributed by atoms with E-state index in [4.69, 9.17) is 0 Å². The molecule has 156 valence electrons. The highest BCUT2D eigenvalue weighted by molar-refractivity contribution is 5.95. The first kappa shape index (κ1) is 20.9. The lowest BCUT2D eigenvalue weighted by Crippen LogP contribution is -2.34. The highest BCUT2D eigenvalue weighted by Crippen LogP contribution is 2.30. The summed E-state index contributed by atoms with van der Waals surface area (Å²) in [5.41, 5.74) is -1.61. The van der Waals surface area contributed by atoms with Gasteiger partial charge in [-0.05, 0) is 35.9 Å². The molecule has 12 heteroatoms. The summed E-state index contributed by atoms with van der Waals surface area (Å²) in [5.74, 6) is -5.09. The first-order valence-electron chi connectivity index (χ1n) is 8.15. The van der Waals surface area contributed by atoms with Crippen molar-refractivity contribution in [2.45, 2.75) is 12.2 Å². The van der Waals surface area contributed by atoms with Crippen molar-refractivity contribution in [2.75, 3.05) is 0 Å². The molecule has 2 aromatic carbocycles. The molecule has 0 aliphatic rings. The summed E-state index contributed by atoms with van der Waals surface area (Å²) >= 11 is 0. The van der Waals surface area contributed by atoms with Gasteiger partial charge in [0.05, 0.1) is 17.4 Å². The number of carbonyl (C=O) groups excluding carboxylic acids is 1. The third-order valence-corrected chi connectivity index (χ3v) is 3.96. The summed E-state index contributed by atoms with van der Waals surface area (Å²) in [6, 6.07) is 4.66. The Morgan fingerprint density at radius 1 is 1.07 bits per heavy atom. The van der Waals surface area contributed by atoms with Crippen LogP contribution in [0.2, 0.25) is 0 Å². The summed E-state index contributed by atoms with van der Waals surface area (Å²) < 4.78 is 65.8. The maximum atomic E-state index is 13.4. The fraction of sp³-hybridized carbons (Fsp3) is 0.111. The Hall–Kier alpha value is -3.83. The summed E-state index contributed by atoms with van der Waals surface area (Å²) in [5, 5.41) is 18.4. The summed E-state index contributed by atoms with van der Waals surface area (Å²) in [7, 11) is 0. The van der Waals surface area contributed by atoms with E-state index in [0.29, 0.717) is 12.1 Å².